The second kappa shape index (κ2) is 4.89. The van der Waals surface area contributed by atoms with Crippen LogP contribution < -0.4 is 5.32 Å². The highest BCUT2D eigenvalue weighted by atomic mass is 35.5. The number of hydrogen-bond acceptors (Lipinski definition) is 3. The number of hydrogen-bond donors (Lipinski definition) is 1. The molecule has 0 aliphatic carbocycles. The molecule has 0 radical (unpaired) electrons. The number of nitrogens with one attached hydrogen (secondary N) is 1. The van der Waals surface area contributed by atoms with Crippen molar-refractivity contribution in [1.82, 2.24) is 4.98 Å². The van der Waals surface area contributed by atoms with Crippen molar-refractivity contribution in [3.63, 3.8) is 0 Å². The zero-order valence-electron chi connectivity index (χ0n) is 8.50. The minimum Gasteiger partial charge on any atom is -0.311 e. The van der Waals surface area contributed by atoms with Gasteiger partial charge in [-0.15, -0.1) is 11.6 Å². The van der Waals surface area contributed by atoms with Crippen LogP contribution in [0.5, 0.6) is 0 Å². The molecule has 1 amide bonds. The molecule has 15 heavy (non-hydrogen) atoms. The fourth-order valence-corrected chi connectivity index (χ4v) is 1.24. The van der Waals surface area contributed by atoms with Crippen molar-refractivity contribution in [3.05, 3.63) is 23.4 Å². The van der Waals surface area contributed by atoms with Crippen LogP contribution in [-0.4, -0.2) is 16.7 Å². The highest BCUT2D eigenvalue weighted by Gasteiger charge is 2.06. The second-order valence-corrected chi connectivity index (χ2v) is 3.37. The van der Waals surface area contributed by atoms with Crippen molar-refractivity contribution >= 4 is 29.1 Å². The predicted octanol–water partition coefficient (Wildman–Crippen LogP) is 1.98. The Labute approximate surface area is 92.7 Å². The van der Waals surface area contributed by atoms with Crippen molar-refractivity contribution in [2.24, 2.45) is 0 Å². The summed E-state index contributed by atoms with van der Waals surface area (Å²) < 4.78 is 0. The molecular formula is C10H11ClN2O2. The van der Waals surface area contributed by atoms with Gasteiger partial charge in [0, 0.05) is 12.5 Å². The molecule has 5 heteroatoms. The quantitative estimate of drug-likeness (QED) is 0.633. The van der Waals surface area contributed by atoms with Gasteiger partial charge in [-0.05, 0) is 19.1 Å². The van der Waals surface area contributed by atoms with E-state index in [1.165, 1.54) is 19.9 Å². The molecule has 0 aliphatic rings. The largest absolute Gasteiger partial charge is 0.311 e. The molecule has 0 saturated heterocycles. The Balaban J connectivity index is 3.11. The molecule has 1 N–H and O–H groups in total. The third kappa shape index (κ3) is 3.32. The summed E-state index contributed by atoms with van der Waals surface area (Å²) in [5, 5.41) is 2.51. The average molecular weight is 227 g/mol. The third-order valence-corrected chi connectivity index (χ3v) is 2.00. The summed E-state index contributed by atoms with van der Waals surface area (Å²) in [6, 6.07) is 3.14. The summed E-state index contributed by atoms with van der Waals surface area (Å²) >= 11 is 5.63. The smallest absolute Gasteiger partial charge is 0.222 e. The molecule has 0 fully saturated rings. The topological polar surface area (TPSA) is 59.1 Å². The van der Waals surface area contributed by atoms with E-state index in [2.05, 4.69) is 10.3 Å². The standard InChI is InChI=1S/C10H11ClN2O2/c1-6(14)8-3-9(5-11)13-10(4-8)12-7(2)15/h3-4H,5H2,1-2H3,(H,12,13,15). The summed E-state index contributed by atoms with van der Waals surface area (Å²) in [4.78, 5) is 26.1. The number of aromatic nitrogens is 1. The number of anilines is 1. The molecule has 0 aliphatic heterocycles. The minimum atomic E-state index is -0.233. The molecule has 1 aromatic heterocycles. The van der Waals surface area contributed by atoms with Gasteiger partial charge in [-0.3, -0.25) is 9.59 Å². The van der Waals surface area contributed by atoms with E-state index in [0.717, 1.165) is 0 Å². The van der Waals surface area contributed by atoms with E-state index >= 15 is 0 Å². The molecule has 0 atom stereocenters. The molecule has 1 aromatic rings. The van der Waals surface area contributed by atoms with E-state index in [9.17, 15) is 9.59 Å². The Hall–Kier alpha value is -1.42. The first kappa shape index (κ1) is 11.7. The van der Waals surface area contributed by atoms with Gasteiger partial charge in [0.15, 0.2) is 5.78 Å². The summed E-state index contributed by atoms with van der Waals surface area (Å²) in [6.45, 7) is 2.83. The maximum Gasteiger partial charge on any atom is 0.222 e. The van der Waals surface area contributed by atoms with Gasteiger partial charge in [-0.1, -0.05) is 0 Å². The summed E-state index contributed by atoms with van der Waals surface area (Å²) in [5.41, 5.74) is 1.05. The first-order valence-electron chi connectivity index (χ1n) is 4.38. The number of carbonyl (C=O) groups excluding carboxylic acids is 2. The zero-order valence-corrected chi connectivity index (χ0v) is 9.26. The summed E-state index contributed by atoms with van der Waals surface area (Å²) in [7, 11) is 0. The van der Waals surface area contributed by atoms with Crippen LogP contribution in [-0.2, 0) is 10.7 Å². The Morgan fingerprint density at radius 1 is 1.40 bits per heavy atom. The number of alkyl halides is 1. The van der Waals surface area contributed by atoms with Gasteiger partial charge in [0.2, 0.25) is 5.91 Å². The van der Waals surface area contributed by atoms with Crippen molar-refractivity contribution in [2.45, 2.75) is 19.7 Å². The van der Waals surface area contributed by atoms with E-state index < -0.39 is 0 Å². The summed E-state index contributed by atoms with van der Waals surface area (Å²) in [5.74, 6) is 0.234. The molecule has 0 unspecified atom stereocenters. The maximum atomic E-state index is 11.2. The Kier molecular flexibility index (Phi) is 3.80. The number of nitrogens with zero attached hydrogens (tertiary/aromatic N) is 1. The minimum absolute atomic E-state index is 0.0876. The lowest BCUT2D eigenvalue weighted by Crippen LogP contribution is -2.09. The number of ketones is 1. The van der Waals surface area contributed by atoms with E-state index in [1.54, 1.807) is 6.07 Å². The van der Waals surface area contributed by atoms with Crippen LogP contribution >= 0.6 is 11.6 Å². The van der Waals surface area contributed by atoms with Crippen LogP contribution in [0, 0.1) is 0 Å². The van der Waals surface area contributed by atoms with Gasteiger partial charge in [0.1, 0.15) is 5.82 Å². The van der Waals surface area contributed by atoms with Crippen LogP contribution in [0.4, 0.5) is 5.82 Å². The first-order chi connectivity index (χ1) is 7.02. The Bertz CT molecular complexity index is 404. The highest BCUT2D eigenvalue weighted by molar-refractivity contribution is 6.17. The lowest BCUT2D eigenvalue weighted by Gasteiger charge is -2.05. The van der Waals surface area contributed by atoms with Crippen molar-refractivity contribution in [1.29, 1.82) is 0 Å². The number of halogens is 1. The molecular weight excluding hydrogens is 216 g/mol. The normalized spacial score (nSPS) is 9.80. The molecule has 0 spiro atoms. The molecule has 0 aromatic carbocycles. The number of pyridine rings is 1. The molecule has 0 bridgehead atoms. The van der Waals surface area contributed by atoms with Crippen LogP contribution in [0.1, 0.15) is 29.9 Å². The highest BCUT2D eigenvalue weighted by Crippen LogP contribution is 2.12. The third-order valence-electron chi connectivity index (χ3n) is 1.73. The van der Waals surface area contributed by atoms with Crippen LogP contribution in [0.2, 0.25) is 0 Å². The lowest BCUT2D eigenvalue weighted by molar-refractivity contribution is -0.114. The maximum absolute atomic E-state index is 11.2. The second-order valence-electron chi connectivity index (χ2n) is 3.10. The monoisotopic (exact) mass is 226 g/mol. The zero-order chi connectivity index (χ0) is 11.4. The van der Waals surface area contributed by atoms with Crippen LogP contribution in [0.25, 0.3) is 0 Å². The number of rotatable bonds is 3. The van der Waals surface area contributed by atoms with Crippen molar-refractivity contribution < 1.29 is 9.59 Å². The molecule has 80 valence electrons. The van der Waals surface area contributed by atoms with E-state index in [1.807, 2.05) is 0 Å². The SMILES string of the molecule is CC(=O)Nc1cc(C(C)=O)cc(CCl)n1. The number of Topliss-reactive ketones (excluding diaryl/α,β-unsaturated/α-hetero) is 1. The number of amides is 1. The van der Waals surface area contributed by atoms with Gasteiger partial charge >= 0.3 is 0 Å². The molecule has 4 nitrogen and oxygen atoms in total. The van der Waals surface area contributed by atoms with Gasteiger partial charge in [-0.2, -0.15) is 0 Å². The fraction of sp³-hybridized carbons (Fsp3) is 0.300. The van der Waals surface area contributed by atoms with E-state index in [0.29, 0.717) is 17.1 Å². The molecule has 1 rings (SSSR count). The van der Waals surface area contributed by atoms with E-state index in [-0.39, 0.29) is 17.6 Å². The van der Waals surface area contributed by atoms with Gasteiger partial charge in [0.05, 0.1) is 11.6 Å². The van der Waals surface area contributed by atoms with Gasteiger partial charge < -0.3 is 5.32 Å². The first-order valence-corrected chi connectivity index (χ1v) is 4.92. The van der Waals surface area contributed by atoms with Crippen LogP contribution in [0.3, 0.4) is 0 Å². The predicted molar refractivity (Wildman–Crippen MR) is 58.1 cm³/mol. The van der Waals surface area contributed by atoms with Gasteiger partial charge in [0.25, 0.3) is 0 Å². The molecule has 0 saturated carbocycles. The Morgan fingerprint density at radius 3 is 2.53 bits per heavy atom. The lowest BCUT2D eigenvalue weighted by atomic mass is 10.1. The average Bonchev–Trinajstić information content (AvgIpc) is 2.16. The van der Waals surface area contributed by atoms with Crippen LogP contribution in [0.15, 0.2) is 12.1 Å². The van der Waals surface area contributed by atoms with Gasteiger partial charge in [-0.25, -0.2) is 4.98 Å². The van der Waals surface area contributed by atoms with E-state index in [4.69, 9.17) is 11.6 Å². The van der Waals surface area contributed by atoms with Crippen molar-refractivity contribution in [2.75, 3.05) is 5.32 Å². The van der Waals surface area contributed by atoms with Crippen molar-refractivity contribution in [3.8, 4) is 0 Å². The number of carbonyl (C=O) groups is 2. The fourth-order valence-electron chi connectivity index (χ4n) is 1.10. The Morgan fingerprint density at radius 2 is 2.07 bits per heavy atom. The summed E-state index contributed by atoms with van der Waals surface area (Å²) in [6.07, 6.45) is 0. The molecule has 1 heterocycles.